The van der Waals surface area contributed by atoms with Crippen LogP contribution in [0.3, 0.4) is 0 Å². The fourth-order valence-electron chi connectivity index (χ4n) is 1.67. The van der Waals surface area contributed by atoms with Gasteiger partial charge in [0.15, 0.2) is 0 Å². The first-order valence-corrected chi connectivity index (χ1v) is 4.96. The second-order valence-corrected chi connectivity index (χ2v) is 4.06. The molecule has 0 saturated heterocycles. The number of rotatable bonds is 5. The van der Waals surface area contributed by atoms with Crippen LogP contribution in [0.4, 0.5) is 0 Å². The minimum absolute atomic E-state index is 0.143. The van der Waals surface area contributed by atoms with Crippen LogP contribution in [-0.2, 0) is 0 Å². The van der Waals surface area contributed by atoms with Crippen molar-refractivity contribution in [3.8, 4) is 0 Å². The topological polar surface area (TPSA) is 29.3 Å². The Morgan fingerprint density at radius 2 is 1.83 bits per heavy atom. The summed E-state index contributed by atoms with van der Waals surface area (Å²) in [5.74, 6) is 0. The quantitative estimate of drug-likeness (QED) is 0.685. The third-order valence-corrected chi connectivity index (χ3v) is 2.74. The monoisotopic (exact) mass is 172 g/mol. The third-order valence-electron chi connectivity index (χ3n) is 2.74. The molecule has 0 aliphatic rings. The first-order chi connectivity index (χ1) is 5.49. The van der Waals surface area contributed by atoms with Gasteiger partial charge in [-0.05, 0) is 33.7 Å². The minimum Gasteiger partial charge on any atom is -0.329 e. The maximum atomic E-state index is 5.73. The molecular weight excluding hydrogens is 148 g/mol. The Morgan fingerprint density at radius 3 is 2.08 bits per heavy atom. The van der Waals surface area contributed by atoms with Crippen LogP contribution in [0, 0.1) is 0 Å². The summed E-state index contributed by atoms with van der Waals surface area (Å²) < 4.78 is 0. The molecule has 1 atom stereocenters. The fourth-order valence-corrected chi connectivity index (χ4v) is 1.67. The third kappa shape index (κ3) is 2.76. The lowest BCUT2D eigenvalue weighted by molar-refractivity contribution is 0.0870. The zero-order chi connectivity index (χ0) is 9.78. The van der Waals surface area contributed by atoms with Crippen LogP contribution in [0.2, 0.25) is 0 Å². The second-order valence-electron chi connectivity index (χ2n) is 4.06. The van der Waals surface area contributed by atoms with Gasteiger partial charge in [0.25, 0.3) is 0 Å². The van der Waals surface area contributed by atoms with Gasteiger partial charge in [0.1, 0.15) is 0 Å². The van der Waals surface area contributed by atoms with Crippen molar-refractivity contribution in [1.82, 2.24) is 4.90 Å². The van der Waals surface area contributed by atoms with Crippen LogP contribution in [0.15, 0.2) is 0 Å². The molecule has 0 radical (unpaired) electrons. The van der Waals surface area contributed by atoms with Crippen molar-refractivity contribution in [2.75, 3.05) is 13.1 Å². The Kier molecular flexibility index (Phi) is 4.80. The summed E-state index contributed by atoms with van der Waals surface area (Å²) >= 11 is 0. The zero-order valence-corrected chi connectivity index (χ0v) is 9.22. The SMILES string of the molecule is CCC(C)N(CC)C(C)(C)CN. The highest BCUT2D eigenvalue weighted by Crippen LogP contribution is 2.17. The number of likely N-dealkylation sites (N-methyl/N-ethyl adjacent to an activating group) is 1. The van der Waals surface area contributed by atoms with E-state index in [0.29, 0.717) is 6.04 Å². The minimum atomic E-state index is 0.143. The number of nitrogens with zero attached hydrogens (tertiary/aromatic N) is 1. The molecule has 0 aromatic heterocycles. The Bertz CT molecular complexity index is 121. The molecular formula is C10H24N2. The highest BCUT2D eigenvalue weighted by atomic mass is 15.2. The molecule has 0 saturated carbocycles. The molecule has 1 unspecified atom stereocenters. The Morgan fingerprint density at radius 1 is 1.33 bits per heavy atom. The van der Waals surface area contributed by atoms with Gasteiger partial charge in [-0.2, -0.15) is 0 Å². The van der Waals surface area contributed by atoms with E-state index in [1.807, 2.05) is 0 Å². The smallest absolute Gasteiger partial charge is 0.0278 e. The van der Waals surface area contributed by atoms with Crippen molar-refractivity contribution in [2.45, 2.75) is 52.6 Å². The summed E-state index contributed by atoms with van der Waals surface area (Å²) in [7, 11) is 0. The van der Waals surface area contributed by atoms with Crippen molar-refractivity contribution in [2.24, 2.45) is 5.73 Å². The molecule has 0 aliphatic carbocycles. The molecule has 0 amide bonds. The number of hydrogen-bond acceptors (Lipinski definition) is 2. The van der Waals surface area contributed by atoms with E-state index < -0.39 is 0 Å². The van der Waals surface area contributed by atoms with Gasteiger partial charge in [-0.25, -0.2) is 0 Å². The van der Waals surface area contributed by atoms with E-state index in [9.17, 15) is 0 Å². The molecule has 74 valence electrons. The lowest BCUT2D eigenvalue weighted by Crippen LogP contribution is -2.52. The molecule has 0 heterocycles. The predicted molar refractivity (Wildman–Crippen MR) is 55.3 cm³/mol. The molecule has 0 aromatic rings. The lowest BCUT2D eigenvalue weighted by Gasteiger charge is -2.41. The molecule has 0 aliphatic heterocycles. The van der Waals surface area contributed by atoms with Crippen LogP contribution in [-0.4, -0.2) is 29.6 Å². The summed E-state index contributed by atoms with van der Waals surface area (Å²) in [4.78, 5) is 2.47. The maximum absolute atomic E-state index is 5.73. The van der Waals surface area contributed by atoms with Crippen LogP contribution in [0.25, 0.3) is 0 Å². The largest absolute Gasteiger partial charge is 0.329 e. The van der Waals surface area contributed by atoms with Crippen LogP contribution < -0.4 is 5.73 Å². The summed E-state index contributed by atoms with van der Waals surface area (Å²) in [6.07, 6.45) is 1.19. The van der Waals surface area contributed by atoms with Crippen molar-refractivity contribution < 1.29 is 0 Å². The molecule has 12 heavy (non-hydrogen) atoms. The van der Waals surface area contributed by atoms with E-state index in [1.54, 1.807) is 0 Å². The van der Waals surface area contributed by atoms with Crippen LogP contribution in [0.1, 0.15) is 41.0 Å². The van der Waals surface area contributed by atoms with Gasteiger partial charge in [0, 0.05) is 18.1 Å². The number of nitrogens with two attached hydrogens (primary N) is 1. The van der Waals surface area contributed by atoms with Gasteiger partial charge in [0.2, 0.25) is 0 Å². The summed E-state index contributed by atoms with van der Waals surface area (Å²) in [5.41, 5.74) is 5.88. The Hall–Kier alpha value is -0.0800. The molecule has 2 N–H and O–H groups in total. The second kappa shape index (κ2) is 4.83. The van der Waals surface area contributed by atoms with Gasteiger partial charge in [0.05, 0.1) is 0 Å². The van der Waals surface area contributed by atoms with E-state index in [0.717, 1.165) is 13.1 Å². The Labute approximate surface area is 77.1 Å². The first-order valence-electron chi connectivity index (χ1n) is 4.96. The van der Waals surface area contributed by atoms with Crippen LogP contribution in [0.5, 0.6) is 0 Å². The van der Waals surface area contributed by atoms with Crippen molar-refractivity contribution >= 4 is 0 Å². The summed E-state index contributed by atoms with van der Waals surface area (Å²) in [6, 6.07) is 0.633. The first kappa shape index (κ1) is 11.9. The molecule has 0 bridgehead atoms. The van der Waals surface area contributed by atoms with E-state index in [2.05, 4.69) is 39.5 Å². The van der Waals surface area contributed by atoms with Gasteiger partial charge >= 0.3 is 0 Å². The maximum Gasteiger partial charge on any atom is 0.0278 e. The van der Waals surface area contributed by atoms with E-state index in [-0.39, 0.29) is 5.54 Å². The molecule has 0 aromatic carbocycles. The summed E-state index contributed by atoms with van der Waals surface area (Å²) in [6.45, 7) is 12.9. The predicted octanol–water partition coefficient (Wildman–Crippen LogP) is 1.84. The summed E-state index contributed by atoms with van der Waals surface area (Å²) in [5, 5.41) is 0. The van der Waals surface area contributed by atoms with E-state index in [4.69, 9.17) is 5.73 Å². The lowest BCUT2D eigenvalue weighted by atomic mass is 10.00. The molecule has 0 rings (SSSR count). The van der Waals surface area contributed by atoms with Gasteiger partial charge in [-0.3, -0.25) is 4.90 Å². The normalized spacial score (nSPS) is 15.2. The highest BCUT2D eigenvalue weighted by molar-refractivity contribution is 4.84. The van der Waals surface area contributed by atoms with Crippen LogP contribution >= 0.6 is 0 Å². The zero-order valence-electron chi connectivity index (χ0n) is 9.22. The molecule has 0 fully saturated rings. The number of hydrogen-bond donors (Lipinski definition) is 1. The Balaban J connectivity index is 4.32. The van der Waals surface area contributed by atoms with E-state index >= 15 is 0 Å². The molecule has 0 spiro atoms. The van der Waals surface area contributed by atoms with Crippen molar-refractivity contribution in [3.63, 3.8) is 0 Å². The average molecular weight is 172 g/mol. The van der Waals surface area contributed by atoms with Gasteiger partial charge in [-0.1, -0.05) is 13.8 Å². The van der Waals surface area contributed by atoms with E-state index in [1.165, 1.54) is 6.42 Å². The fraction of sp³-hybridized carbons (Fsp3) is 1.00. The van der Waals surface area contributed by atoms with Gasteiger partial charge < -0.3 is 5.73 Å². The van der Waals surface area contributed by atoms with Crippen molar-refractivity contribution in [3.05, 3.63) is 0 Å². The standard InChI is InChI=1S/C10H24N2/c1-6-9(3)12(7-2)10(4,5)8-11/h9H,6-8,11H2,1-5H3. The highest BCUT2D eigenvalue weighted by Gasteiger charge is 2.26. The van der Waals surface area contributed by atoms with Gasteiger partial charge in [-0.15, -0.1) is 0 Å². The molecule has 2 heteroatoms. The molecule has 2 nitrogen and oxygen atoms in total. The average Bonchev–Trinajstić information content (AvgIpc) is 2.05. The van der Waals surface area contributed by atoms with Crippen molar-refractivity contribution in [1.29, 1.82) is 0 Å².